The van der Waals surface area contributed by atoms with Gasteiger partial charge < -0.3 is 10.2 Å². The number of pyridine rings is 1. The number of benzene rings is 1. The number of carbonyl (C=O) groups excluding carboxylic acids is 2. The molecule has 0 aliphatic carbocycles. The van der Waals surface area contributed by atoms with E-state index in [1.165, 1.54) is 0 Å². The zero-order chi connectivity index (χ0) is 16.4. The maximum atomic E-state index is 12.5. The maximum absolute atomic E-state index is 12.5. The minimum absolute atomic E-state index is 0.0425. The number of amides is 2. The molecule has 2 aromatic rings. The molecule has 0 radical (unpaired) electrons. The number of hydrogen-bond donors (Lipinski definition) is 1. The third-order valence-electron chi connectivity index (χ3n) is 4.10. The van der Waals surface area contributed by atoms with E-state index in [2.05, 4.69) is 10.3 Å². The first-order chi connectivity index (χ1) is 11.0. The number of carbonyl (C=O) groups is 2. The molecule has 3 rings (SSSR count). The van der Waals surface area contributed by atoms with Crippen LogP contribution in [-0.2, 0) is 9.59 Å². The molecule has 118 valence electrons. The molecule has 2 heterocycles. The molecule has 23 heavy (non-hydrogen) atoms. The van der Waals surface area contributed by atoms with Crippen LogP contribution in [-0.4, -0.2) is 23.3 Å². The summed E-state index contributed by atoms with van der Waals surface area (Å²) in [7, 11) is 0. The summed E-state index contributed by atoms with van der Waals surface area (Å²) >= 11 is 0. The van der Waals surface area contributed by atoms with Crippen molar-refractivity contribution < 1.29 is 9.59 Å². The minimum atomic E-state index is -0.345. The first-order valence-electron chi connectivity index (χ1n) is 7.63. The van der Waals surface area contributed by atoms with E-state index in [9.17, 15) is 9.59 Å². The van der Waals surface area contributed by atoms with Gasteiger partial charge in [-0.3, -0.25) is 14.6 Å². The van der Waals surface area contributed by atoms with Crippen molar-refractivity contribution in [2.75, 3.05) is 16.8 Å². The maximum Gasteiger partial charge on any atom is 0.229 e. The second-order valence-electron chi connectivity index (χ2n) is 5.92. The van der Waals surface area contributed by atoms with Crippen LogP contribution in [0.2, 0.25) is 0 Å². The Morgan fingerprint density at radius 2 is 2.13 bits per heavy atom. The average Bonchev–Trinajstić information content (AvgIpc) is 2.94. The molecule has 5 nitrogen and oxygen atoms in total. The SMILES string of the molecule is Cc1ccc(C)c(NC(=O)C2CC(=O)N(c3cccnc3)C2)c1. The van der Waals surface area contributed by atoms with Crippen LogP contribution in [0.5, 0.6) is 0 Å². The van der Waals surface area contributed by atoms with Crippen LogP contribution in [0, 0.1) is 19.8 Å². The van der Waals surface area contributed by atoms with Crippen molar-refractivity contribution in [3.63, 3.8) is 0 Å². The van der Waals surface area contributed by atoms with E-state index in [4.69, 9.17) is 0 Å². The summed E-state index contributed by atoms with van der Waals surface area (Å²) in [5.74, 6) is -0.500. The fraction of sp³-hybridized carbons (Fsp3) is 0.278. The van der Waals surface area contributed by atoms with Gasteiger partial charge in [0.25, 0.3) is 0 Å². The number of rotatable bonds is 3. The van der Waals surface area contributed by atoms with Gasteiger partial charge in [-0.25, -0.2) is 0 Å². The fourth-order valence-corrected chi connectivity index (χ4v) is 2.75. The van der Waals surface area contributed by atoms with Gasteiger partial charge in [0.15, 0.2) is 0 Å². The van der Waals surface area contributed by atoms with Crippen molar-refractivity contribution in [1.82, 2.24) is 4.98 Å². The van der Waals surface area contributed by atoms with Gasteiger partial charge in [0.05, 0.1) is 17.8 Å². The van der Waals surface area contributed by atoms with E-state index in [0.29, 0.717) is 6.54 Å². The number of hydrogen-bond acceptors (Lipinski definition) is 3. The van der Waals surface area contributed by atoms with Crippen LogP contribution >= 0.6 is 0 Å². The van der Waals surface area contributed by atoms with Crippen LogP contribution in [0.15, 0.2) is 42.7 Å². The van der Waals surface area contributed by atoms with Crippen LogP contribution < -0.4 is 10.2 Å². The third kappa shape index (κ3) is 3.23. The van der Waals surface area contributed by atoms with Crippen LogP contribution in [0.4, 0.5) is 11.4 Å². The van der Waals surface area contributed by atoms with Gasteiger partial charge in [-0.05, 0) is 43.2 Å². The van der Waals surface area contributed by atoms with Crippen LogP contribution in [0.25, 0.3) is 0 Å². The molecular weight excluding hydrogens is 290 g/mol. The fourth-order valence-electron chi connectivity index (χ4n) is 2.75. The second kappa shape index (κ2) is 6.20. The molecule has 1 aromatic heterocycles. The van der Waals surface area contributed by atoms with E-state index >= 15 is 0 Å². The lowest BCUT2D eigenvalue weighted by atomic mass is 10.1. The summed E-state index contributed by atoms with van der Waals surface area (Å²) in [4.78, 5) is 30.3. The number of aryl methyl sites for hydroxylation is 2. The summed E-state index contributed by atoms with van der Waals surface area (Å²) < 4.78 is 0. The van der Waals surface area contributed by atoms with Gasteiger partial charge in [0.2, 0.25) is 11.8 Å². The number of nitrogens with one attached hydrogen (secondary N) is 1. The molecule has 1 aromatic carbocycles. The molecule has 1 N–H and O–H groups in total. The van der Waals surface area contributed by atoms with Gasteiger partial charge in [-0.1, -0.05) is 12.1 Å². The third-order valence-corrected chi connectivity index (χ3v) is 4.10. The standard InChI is InChI=1S/C18H19N3O2/c1-12-5-6-13(2)16(8-12)20-18(23)14-9-17(22)21(11-14)15-4-3-7-19-10-15/h3-8,10,14H,9,11H2,1-2H3,(H,20,23). The molecule has 1 fully saturated rings. The lowest BCUT2D eigenvalue weighted by Crippen LogP contribution is -2.28. The van der Waals surface area contributed by atoms with E-state index in [0.717, 1.165) is 22.5 Å². The van der Waals surface area contributed by atoms with E-state index in [-0.39, 0.29) is 24.2 Å². The molecule has 2 amide bonds. The summed E-state index contributed by atoms with van der Waals surface area (Å²) in [5.41, 5.74) is 3.64. The Bertz CT molecular complexity index is 743. The molecule has 0 spiro atoms. The smallest absolute Gasteiger partial charge is 0.229 e. The molecule has 1 aliphatic heterocycles. The Kier molecular flexibility index (Phi) is 4.10. The van der Waals surface area contributed by atoms with Crippen molar-refractivity contribution >= 4 is 23.2 Å². The molecule has 0 bridgehead atoms. The van der Waals surface area contributed by atoms with Crippen molar-refractivity contribution in [3.05, 3.63) is 53.9 Å². The Labute approximate surface area is 135 Å². The summed E-state index contributed by atoms with van der Waals surface area (Å²) in [6.45, 7) is 4.33. The average molecular weight is 309 g/mol. The summed E-state index contributed by atoms with van der Waals surface area (Å²) in [5, 5.41) is 2.95. The molecule has 5 heteroatoms. The zero-order valence-electron chi connectivity index (χ0n) is 13.2. The Balaban J connectivity index is 1.72. The Hall–Kier alpha value is -2.69. The predicted octanol–water partition coefficient (Wildman–Crippen LogP) is 2.69. The molecule has 1 unspecified atom stereocenters. The van der Waals surface area contributed by atoms with E-state index in [1.54, 1.807) is 23.4 Å². The van der Waals surface area contributed by atoms with Gasteiger partial charge >= 0.3 is 0 Å². The Morgan fingerprint density at radius 3 is 2.87 bits per heavy atom. The second-order valence-corrected chi connectivity index (χ2v) is 5.92. The van der Waals surface area contributed by atoms with Crippen LogP contribution in [0.3, 0.4) is 0 Å². The molecule has 0 saturated carbocycles. The van der Waals surface area contributed by atoms with Crippen molar-refractivity contribution in [2.45, 2.75) is 20.3 Å². The van der Waals surface area contributed by atoms with E-state index < -0.39 is 0 Å². The van der Waals surface area contributed by atoms with Gasteiger partial charge in [-0.15, -0.1) is 0 Å². The number of nitrogens with zero attached hydrogens (tertiary/aromatic N) is 2. The molecule has 1 aliphatic rings. The highest BCUT2D eigenvalue weighted by Gasteiger charge is 2.35. The minimum Gasteiger partial charge on any atom is -0.326 e. The normalized spacial score (nSPS) is 17.4. The van der Waals surface area contributed by atoms with Gasteiger partial charge in [0, 0.05) is 24.8 Å². The highest BCUT2D eigenvalue weighted by Crippen LogP contribution is 2.26. The predicted molar refractivity (Wildman–Crippen MR) is 89.2 cm³/mol. The van der Waals surface area contributed by atoms with Gasteiger partial charge in [0.1, 0.15) is 0 Å². The lowest BCUT2D eigenvalue weighted by molar-refractivity contribution is -0.122. The van der Waals surface area contributed by atoms with Crippen molar-refractivity contribution in [3.8, 4) is 0 Å². The number of anilines is 2. The van der Waals surface area contributed by atoms with Crippen molar-refractivity contribution in [2.24, 2.45) is 5.92 Å². The summed E-state index contributed by atoms with van der Waals surface area (Å²) in [6, 6.07) is 9.55. The highest BCUT2D eigenvalue weighted by atomic mass is 16.2. The molecular formula is C18H19N3O2. The van der Waals surface area contributed by atoms with E-state index in [1.807, 2.05) is 38.1 Å². The lowest BCUT2D eigenvalue weighted by Gasteiger charge is -2.16. The van der Waals surface area contributed by atoms with Gasteiger partial charge in [-0.2, -0.15) is 0 Å². The first kappa shape index (κ1) is 15.2. The quantitative estimate of drug-likeness (QED) is 0.948. The monoisotopic (exact) mass is 309 g/mol. The topological polar surface area (TPSA) is 62.3 Å². The molecule has 1 saturated heterocycles. The zero-order valence-corrected chi connectivity index (χ0v) is 13.2. The molecule has 1 atom stereocenters. The van der Waals surface area contributed by atoms with Crippen LogP contribution in [0.1, 0.15) is 17.5 Å². The summed E-state index contributed by atoms with van der Waals surface area (Å²) in [6.07, 6.45) is 3.53. The highest BCUT2D eigenvalue weighted by molar-refractivity contribution is 6.03. The first-order valence-corrected chi connectivity index (χ1v) is 7.63. The Morgan fingerprint density at radius 1 is 1.30 bits per heavy atom. The number of aromatic nitrogens is 1. The van der Waals surface area contributed by atoms with Crippen molar-refractivity contribution in [1.29, 1.82) is 0 Å². The largest absolute Gasteiger partial charge is 0.326 e.